The van der Waals surface area contributed by atoms with E-state index in [1.165, 1.54) is 18.0 Å². The number of benzene rings is 1. The van der Waals surface area contributed by atoms with Crippen LogP contribution in [-0.4, -0.2) is 47.7 Å². The Morgan fingerprint density at radius 3 is 2.72 bits per heavy atom. The van der Waals surface area contributed by atoms with Crippen molar-refractivity contribution in [3.63, 3.8) is 0 Å². The zero-order chi connectivity index (χ0) is 13.2. The first kappa shape index (κ1) is 13.4. The highest BCUT2D eigenvalue weighted by Crippen LogP contribution is 2.14. The van der Waals surface area contributed by atoms with Crippen molar-refractivity contribution in [3.8, 4) is 0 Å². The molecule has 2 aromatic rings. The lowest BCUT2D eigenvalue weighted by Gasteiger charge is -2.15. The van der Waals surface area contributed by atoms with E-state index >= 15 is 0 Å². The first-order valence-corrected chi connectivity index (χ1v) is 8.30. The van der Waals surface area contributed by atoms with Crippen molar-refractivity contribution in [2.75, 3.05) is 25.6 Å². The summed E-state index contributed by atoms with van der Waals surface area (Å²) in [6.07, 6.45) is 1.26. The molecule has 98 valence electrons. The van der Waals surface area contributed by atoms with Gasteiger partial charge < -0.3 is 4.90 Å². The largest absolute Gasteiger partial charge is 0.301 e. The molecule has 0 amide bonds. The SMILES string of the molecule is CN(CCS(C)(=O)=O)Cc1ccc2nsnc2c1. The van der Waals surface area contributed by atoms with E-state index in [2.05, 4.69) is 8.75 Å². The molecule has 0 aliphatic rings. The van der Waals surface area contributed by atoms with Gasteiger partial charge in [-0.3, -0.25) is 0 Å². The maximum Gasteiger partial charge on any atom is 0.148 e. The van der Waals surface area contributed by atoms with Gasteiger partial charge >= 0.3 is 0 Å². The van der Waals surface area contributed by atoms with Crippen LogP contribution in [-0.2, 0) is 16.4 Å². The van der Waals surface area contributed by atoms with E-state index in [1.54, 1.807) is 0 Å². The molecule has 0 saturated carbocycles. The fraction of sp³-hybridized carbons (Fsp3) is 0.455. The molecule has 18 heavy (non-hydrogen) atoms. The lowest BCUT2D eigenvalue weighted by molar-refractivity contribution is 0.346. The molecule has 0 spiro atoms. The second-order valence-electron chi connectivity index (χ2n) is 4.45. The van der Waals surface area contributed by atoms with E-state index in [0.717, 1.165) is 16.6 Å². The molecule has 0 aliphatic carbocycles. The van der Waals surface area contributed by atoms with Crippen LogP contribution in [0.5, 0.6) is 0 Å². The summed E-state index contributed by atoms with van der Waals surface area (Å²) in [7, 11) is -0.988. The van der Waals surface area contributed by atoms with Crippen molar-refractivity contribution in [1.82, 2.24) is 13.6 Å². The van der Waals surface area contributed by atoms with Gasteiger partial charge in [-0.25, -0.2) is 8.42 Å². The van der Waals surface area contributed by atoms with Crippen LogP contribution in [0.4, 0.5) is 0 Å². The normalized spacial score (nSPS) is 12.4. The Bertz CT molecular complexity index is 637. The zero-order valence-electron chi connectivity index (χ0n) is 10.3. The Morgan fingerprint density at radius 2 is 2.00 bits per heavy atom. The number of nitrogens with zero attached hydrogens (tertiary/aromatic N) is 3. The van der Waals surface area contributed by atoms with Crippen LogP contribution >= 0.6 is 11.7 Å². The van der Waals surface area contributed by atoms with Gasteiger partial charge in [0, 0.05) is 19.3 Å². The van der Waals surface area contributed by atoms with E-state index in [4.69, 9.17) is 0 Å². The highest BCUT2D eigenvalue weighted by molar-refractivity contribution is 7.90. The average Bonchev–Trinajstić information content (AvgIpc) is 2.72. The van der Waals surface area contributed by atoms with Gasteiger partial charge in [-0.15, -0.1) is 0 Å². The van der Waals surface area contributed by atoms with E-state index in [9.17, 15) is 8.42 Å². The minimum absolute atomic E-state index is 0.185. The van der Waals surface area contributed by atoms with Crippen LogP contribution in [0, 0.1) is 0 Å². The molecule has 2 rings (SSSR count). The quantitative estimate of drug-likeness (QED) is 0.825. The van der Waals surface area contributed by atoms with Crippen molar-refractivity contribution < 1.29 is 8.42 Å². The van der Waals surface area contributed by atoms with Crippen LogP contribution in [0.3, 0.4) is 0 Å². The summed E-state index contributed by atoms with van der Waals surface area (Å²) in [4.78, 5) is 1.99. The Hall–Kier alpha value is -1.05. The van der Waals surface area contributed by atoms with E-state index in [-0.39, 0.29) is 5.75 Å². The van der Waals surface area contributed by atoms with Crippen LogP contribution in [0.2, 0.25) is 0 Å². The van der Waals surface area contributed by atoms with Gasteiger partial charge in [0.1, 0.15) is 20.9 Å². The smallest absolute Gasteiger partial charge is 0.148 e. The second kappa shape index (κ2) is 5.29. The predicted molar refractivity (Wildman–Crippen MR) is 73.5 cm³/mol. The molecular formula is C11H15N3O2S2. The molecule has 0 bridgehead atoms. The summed E-state index contributed by atoms with van der Waals surface area (Å²) in [5.74, 6) is 0.185. The molecule has 1 heterocycles. The first-order chi connectivity index (χ1) is 8.44. The van der Waals surface area contributed by atoms with E-state index in [1.807, 2.05) is 30.1 Å². The van der Waals surface area contributed by atoms with Crippen molar-refractivity contribution in [2.45, 2.75) is 6.54 Å². The topological polar surface area (TPSA) is 63.2 Å². The minimum atomic E-state index is -2.90. The van der Waals surface area contributed by atoms with Gasteiger partial charge in [0.25, 0.3) is 0 Å². The fourth-order valence-corrected chi connectivity index (χ4v) is 2.80. The molecule has 1 aromatic carbocycles. The summed E-state index contributed by atoms with van der Waals surface area (Å²) in [6, 6.07) is 5.94. The number of aromatic nitrogens is 2. The summed E-state index contributed by atoms with van der Waals surface area (Å²) < 4.78 is 30.5. The minimum Gasteiger partial charge on any atom is -0.301 e. The molecule has 0 radical (unpaired) electrons. The molecule has 0 unspecified atom stereocenters. The van der Waals surface area contributed by atoms with Gasteiger partial charge in [0.05, 0.1) is 17.5 Å². The molecule has 0 aliphatic heterocycles. The molecule has 1 aromatic heterocycles. The number of fused-ring (bicyclic) bond motifs is 1. The fourth-order valence-electron chi connectivity index (χ4n) is 1.64. The molecule has 7 heteroatoms. The summed E-state index contributed by atoms with van der Waals surface area (Å²) in [5, 5.41) is 0. The lowest BCUT2D eigenvalue weighted by atomic mass is 10.2. The second-order valence-corrected chi connectivity index (χ2v) is 7.24. The summed E-state index contributed by atoms with van der Waals surface area (Å²) >= 11 is 1.20. The van der Waals surface area contributed by atoms with Gasteiger partial charge in [-0.05, 0) is 24.7 Å². The Morgan fingerprint density at radius 1 is 1.28 bits per heavy atom. The first-order valence-electron chi connectivity index (χ1n) is 5.51. The van der Waals surface area contributed by atoms with Gasteiger partial charge in [0.2, 0.25) is 0 Å². The van der Waals surface area contributed by atoms with Crippen LogP contribution in [0.1, 0.15) is 5.56 Å². The zero-order valence-corrected chi connectivity index (χ0v) is 12.0. The number of hydrogen-bond donors (Lipinski definition) is 0. The Kier molecular flexibility index (Phi) is 3.94. The van der Waals surface area contributed by atoms with Gasteiger partial charge in [-0.2, -0.15) is 8.75 Å². The number of rotatable bonds is 5. The molecule has 0 fully saturated rings. The summed E-state index contributed by atoms with van der Waals surface area (Å²) in [5.41, 5.74) is 2.92. The van der Waals surface area contributed by atoms with Crippen molar-refractivity contribution in [2.24, 2.45) is 0 Å². The lowest BCUT2D eigenvalue weighted by Crippen LogP contribution is -2.24. The standard InChI is InChI=1S/C11H15N3O2S2/c1-14(5-6-18(2,15)16)8-9-3-4-10-11(7-9)13-17-12-10/h3-4,7H,5-6,8H2,1-2H3. The summed E-state index contributed by atoms with van der Waals surface area (Å²) in [6.45, 7) is 1.25. The number of sulfone groups is 1. The highest BCUT2D eigenvalue weighted by Gasteiger charge is 2.07. The Labute approximate surface area is 111 Å². The van der Waals surface area contributed by atoms with Crippen LogP contribution in [0.15, 0.2) is 18.2 Å². The van der Waals surface area contributed by atoms with E-state index < -0.39 is 9.84 Å². The van der Waals surface area contributed by atoms with Crippen molar-refractivity contribution in [3.05, 3.63) is 23.8 Å². The third-order valence-electron chi connectivity index (χ3n) is 2.61. The third-order valence-corrected chi connectivity index (χ3v) is 4.10. The maximum atomic E-state index is 11.1. The highest BCUT2D eigenvalue weighted by atomic mass is 32.2. The Balaban J connectivity index is 2.00. The number of hydrogen-bond acceptors (Lipinski definition) is 6. The maximum absolute atomic E-state index is 11.1. The van der Waals surface area contributed by atoms with Gasteiger partial charge in [-0.1, -0.05) is 6.07 Å². The third kappa shape index (κ3) is 3.72. The van der Waals surface area contributed by atoms with Crippen LogP contribution < -0.4 is 0 Å². The average molecular weight is 285 g/mol. The molecule has 0 saturated heterocycles. The van der Waals surface area contributed by atoms with E-state index in [0.29, 0.717) is 13.1 Å². The van der Waals surface area contributed by atoms with Crippen LogP contribution in [0.25, 0.3) is 11.0 Å². The predicted octanol–water partition coefficient (Wildman–Crippen LogP) is 1.17. The molecule has 5 nitrogen and oxygen atoms in total. The molecule has 0 N–H and O–H groups in total. The monoisotopic (exact) mass is 285 g/mol. The van der Waals surface area contributed by atoms with Gasteiger partial charge in [0.15, 0.2) is 0 Å². The van der Waals surface area contributed by atoms with Crippen molar-refractivity contribution >= 4 is 32.6 Å². The molecule has 0 atom stereocenters. The van der Waals surface area contributed by atoms with Crippen molar-refractivity contribution in [1.29, 1.82) is 0 Å². The molecular weight excluding hydrogens is 270 g/mol.